The van der Waals surface area contributed by atoms with Crippen LogP contribution in [0.25, 0.3) is 0 Å². The van der Waals surface area contributed by atoms with Gasteiger partial charge in [-0.1, -0.05) is 36.9 Å². The Balaban J connectivity index is 1.80. The highest BCUT2D eigenvalue weighted by Gasteiger charge is 2.14. The molecule has 0 bridgehead atoms. The van der Waals surface area contributed by atoms with Crippen molar-refractivity contribution >= 4 is 11.6 Å². The standard InChI is InChI=1S/C16H24ClNO/c1-12-8-9-14(17)10-16(12)19-13(2)11-18-15-6-4-3-5-7-15/h8-10,13,15,18H,3-7,11H2,1-2H3. The molecule has 1 saturated carbocycles. The van der Waals surface area contributed by atoms with Gasteiger partial charge in [-0.25, -0.2) is 0 Å². The molecule has 1 aromatic rings. The summed E-state index contributed by atoms with van der Waals surface area (Å²) in [7, 11) is 0. The average Bonchev–Trinajstić information content (AvgIpc) is 2.42. The molecular weight excluding hydrogens is 258 g/mol. The Bertz CT molecular complexity index is 402. The van der Waals surface area contributed by atoms with Gasteiger partial charge >= 0.3 is 0 Å². The molecule has 1 aliphatic rings. The van der Waals surface area contributed by atoms with Crippen LogP contribution in [0.4, 0.5) is 0 Å². The maximum atomic E-state index is 6.00. The number of aryl methyl sites for hydroxylation is 1. The molecular formula is C16H24ClNO. The van der Waals surface area contributed by atoms with E-state index in [0.29, 0.717) is 6.04 Å². The van der Waals surface area contributed by atoms with Crippen LogP contribution in [0.1, 0.15) is 44.6 Å². The number of nitrogens with one attached hydrogen (secondary N) is 1. The SMILES string of the molecule is Cc1ccc(Cl)cc1OC(C)CNC1CCCCC1. The van der Waals surface area contributed by atoms with E-state index in [1.54, 1.807) is 0 Å². The van der Waals surface area contributed by atoms with Crippen LogP contribution in [0.3, 0.4) is 0 Å². The quantitative estimate of drug-likeness (QED) is 0.867. The van der Waals surface area contributed by atoms with Gasteiger partial charge in [0.1, 0.15) is 11.9 Å². The van der Waals surface area contributed by atoms with E-state index in [9.17, 15) is 0 Å². The number of halogens is 1. The van der Waals surface area contributed by atoms with E-state index in [4.69, 9.17) is 16.3 Å². The summed E-state index contributed by atoms with van der Waals surface area (Å²) in [6, 6.07) is 6.47. The zero-order valence-electron chi connectivity index (χ0n) is 11.9. The molecule has 1 unspecified atom stereocenters. The van der Waals surface area contributed by atoms with Gasteiger partial charge in [-0.3, -0.25) is 0 Å². The molecule has 0 spiro atoms. The Kier molecular flexibility index (Phi) is 5.53. The molecule has 3 heteroatoms. The fourth-order valence-electron chi connectivity index (χ4n) is 2.60. The van der Waals surface area contributed by atoms with Gasteiger partial charge < -0.3 is 10.1 Å². The zero-order valence-corrected chi connectivity index (χ0v) is 12.7. The molecule has 1 aromatic carbocycles. The predicted octanol–water partition coefficient (Wildman–Crippen LogP) is 4.34. The number of hydrogen-bond acceptors (Lipinski definition) is 2. The van der Waals surface area contributed by atoms with Crippen molar-refractivity contribution < 1.29 is 4.74 Å². The second-order valence-corrected chi connectivity index (χ2v) is 6.02. The van der Waals surface area contributed by atoms with E-state index in [1.165, 1.54) is 32.1 Å². The summed E-state index contributed by atoms with van der Waals surface area (Å²) in [5, 5.41) is 4.35. The maximum absolute atomic E-state index is 6.00. The summed E-state index contributed by atoms with van der Waals surface area (Å²) in [5.74, 6) is 0.894. The van der Waals surface area contributed by atoms with Crippen molar-refractivity contribution in [1.29, 1.82) is 0 Å². The van der Waals surface area contributed by atoms with Gasteiger partial charge in [0.2, 0.25) is 0 Å². The van der Waals surface area contributed by atoms with Crippen molar-refractivity contribution in [3.05, 3.63) is 28.8 Å². The minimum atomic E-state index is 0.166. The summed E-state index contributed by atoms with van der Waals surface area (Å²) in [6.07, 6.45) is 6.90. The predicted molar refractivity (Wildman–Crippen MR) is 81.2 cm³/mol. The molecule has 1 fully saturated rings. The summed E-state index contributed by atoms with van der Waals surface area (Å²) >= 11 is 6.00. The Morgan fingerprint density at radius 1 is 1.32 bits per heavy atom. The van der Waals surface area contributed by atoms with Crippen molar-refractivity contribution in [1.82, 2.24) is 5.32 Å². The van der Waals surface area contributed by atoms with Gasteiger partial charge in [-0.15, -0.1) is 0 Å². The highest BCUT2D eigenvalue weighted by atomic mass is 35.5. The molecule has 0 saturated heterocycles. The summed E-state index contributed by atoms with van der Waals surface area (Å²) < 4.78 is 5.97. The minimum absolute atomic E-state index is 0.166. The molecule has 2 rings (SSSR count). The number of benzene rings is 1. The molecule has 0 heterocycles. The van der Waals surface area contributed by atoms with E-state index >= 15 is 0 Å². The molecule has 0 amide bonds. The van der Waals surface area contributed by atoms with Gasteiger partial charge in [0, 0.05) is 17.6 Å². The summed E-state index contributed by atoms with van der Waals surface area (Å²) in [6.45, 7) is 5.06. The highest BCUT2D eigenvalue weighted by molar-refractivity contribution is 6.30. The topological polar surface area (TPSA) is 21.3 Å². The summed E-state index contributed by atoms with van der Waals surface area (Å²) in [5.41, 5.74) is 1.13. The second kappa shape index (κ2) is 7.16. The third-order valence-corrected chi connectivity index (χ3v) is 4.01. The molecule has 1 aliphatic carbocycles. The van der Waals surface area contributed by atoms with Crippen LogP contribution in [0.15, 0.2) is 18.2 Å². The maximum Gasteiger partial charge on any atom is 0.124 e. The third kappa shape index (κ3) is 4.70. The molecule has 0 aliphatic heterocycles. The first kappa shape index (κ1) is 14.7. The van der Waals surface area contributed by atoms with E-state index in [-0.39, 0.29) is 6.10 Å². The van der Waals surface area contributed by atoms with Crippen LogP contribution >= 0.6 is 11.6 Å². The number of hydrogen-bond donors (Lipinski definition) is 1. The monoisotopic (exact) mass is 281 g/mol. The lowest BCUT2D eigenvalue weighted by Gasteiger charge is -2.25. The van der Waals surface area contributed by atoms with Crippen LogP contribution in [0.5, 0.6) is 5.75 Å². The van der Waals surface area contributed by atoms with Gasteiger partial charge in [-0.05, 0) is 44.4 Å². The van der Waals surface area contributed by atoms with Crippen LogP contribution in [-0.4, -0.2) is 18.7 Å². The molecule has 1 N–H and O–H groups in total. The average molecular weight is 282 g/mol. The van der Waals surface area contributed by atoms with E-state index in [1.807, 2.05) is 25.1 Å². The first-order valence-corrected chi connectivity index (χ1v) is 7.69. The Hall–Kier alpha value is -0.730. The van der Waals surface area contributed by atoms with Crippen LogP contribution in [-0.2, 0) is 0 Å². The van der Waals surface area contributed by atoms with Crippen LogP contribution in [0, 0.1) is 6.92 Å². The highest BCUT2D eigenvalue weighted by Crippen LogP contribution is 2.23. The number of rotatable bonds is 5. The van der Waals surface area contributed by atoms with Crippen LogP contribution in [0.2, 0.25) is 5.02 Å². The van der Waals surface area contributed by atoms with Crippen LogP contribution < -0.4 is 10.1 Å². The first-order valence-electron chi connectivity index (χ1n) is 7.31. The second-order valence-electron chi connectivity index (χ2n) is 5.58. The molecule has 1 atom stereocenters. The van der Waals surface area contributed by atoms with E-state index < -0.39 is 0 Å². The molecule has 2 nitrogen and oxygen atoms in total. The molecule has 0 radical (unpaired) electrons. The zero-order chi connectivity index (χ0) is 13.7. The number of ether oxygens (including phenoxy) is 1. The Morgan fingerprint density at radius 3 is 2.79 bits per heavy atom. The van der Waals surface area contributed by atoms with Crippen molar-refractivity contribution in [3.63, 3.8) is 0 Å². The largest absolute Gasteiger partial charge is 0.489 e. The molecule has 0 aromatic heterocycles. The van der Waals surface area contributed by atoms with E-state index in [2.05, 4.69) is 12.2 Å². The lowest BCUT2D eigenvalue weighted by atomic mass is 9.95. The van der Waals surface area contributed by atoms with Gasteiger partial charge in [-0.2, -0.15) is 0 Å². The van der Waals surface area contributed by atoms with Gasteiger partial charge in [0.15, 0.2) is 0 Å². The lowest BCUT2D eigenvalue weighted by molar-refractivity contribution is 0.204. The fraction of sp³-hybridized carbons (Fsp3) is 0.625. The summed E-state index contributed by atoms with van der Waals surface area (Å²) in [4.78, 5) is 0. The smallest absolute Gasteiger partial charge is 0.124 e. The van der Waals surface area contributed by atoms with Crippen molar-refractivity contribution in [2.45, 2.75) is 58.1 Å². The van der Waals surface area contributed by atoms with Gasteiger partial charge in [0.05, 0.1) is 0 Å². The van der Waals surface area contributed by atoms with Gasteiger partial charge in [0.25, 0.3) is 0 Å². The Labute approximate surface area is 121 Å². The fourth-order valence-corrected chi connectivity index (χ4v) is 2.76. The van der Waals surface area contributed by atoms with E-state index in [0.717, 1.165) is 22.9 Å². The molecule has 19 heavy (non-hydrogen) atoms. The van der Waals surface area contributed by atoms with Crippen molar-refractivity contribution in [2.75, 3.05) is 6.54 Å². The first-order chi connectivity index (χ1) is 9.15. The normalized spacial score (nSPS) is 18.3. The Morgan fingerprint density at radius 2 is 2.05 bits per heavy atom. The van der Waals surface area contributed by atoms with Crippen molar-refractivity contribution in [2.24, 2.45) is 0 Å². The lowest BCUT2D eigenvalue weighted by Crippen LogP contribution is -2.37. The minimum Gasteiger partial charge on any atom is -0.489 e. The van der Waals surface area contributed by atoms with Crippen molar-refractivity contribution in [3.8, 4) is 5.75 Å². The molecule has 106 valence electrons. The third-order valence-electron chi connectivity index (χ3n) is 3.78.